The Bertz CT molecular complexity index is 641. The zero-order chi connectivity index (χ0) is 16.7. The molecule has 2 amide bonds. The van der Waals surface area contributed by atoms with Crippen LogP contribution >= 0.6 is 0 Å². The summed E-state index contributed by atoms with van der Waals surface area (Å²) in [6, 6.07) is 1.47. The SMILES string of the molecule is COc1cc(C(=O)N2CC3CC(C(=O)NCC4CC4)C(C2)O3)on1. The van der Waals surface area contributed by atoms with Crippen LogP contribution in [0.3, 0.4) is 0 Å². The van der Waals surface area contributed by atoms with E-state index in [4.69, 9.17) is 14.0 Å². The number of amides is 2. The van der Waals surface area contributed by atoms with Crippen molar-refractivity contribution in [3.8, 4) is 5.88 Å². The molecule has 4 rings (SSSR count). The van der Waals surface area contributed by atoms with Gasteiger partial charge < -0.3 is 24.2 Å². The summed E-state index contributed by atoms with van der Waals surface area (Å²) in [4.78, 5) is 26.6. The maximum absolute atomic E-state index is 12.5. The Labute approximate surface area is 139 Å². The maximum Gasteiger partial charge on any atom is 0.292 e. The van der Waals surface area contributed by atoms with Crippen molar-refractivity contribution in [3.05, 3.63) is 11.8 Å². The molecule has 3 heterocycles. The van der Waals surface area contributed by atoms with Gasteiger partial charge in [0.1, 0.15) is 0 Å². The minimum absolute atomic E-state index is 0.0463. The highest BCUT2D eigenvalue weighted by Gasteiger charge is 2.46. The highest BCUT2D eigenvalue weighted by molar-refractivity contribution is 5.92. The van der Waals surface area contributed by atoms with Crippen molar-refractivity contribution in [3.63, 3.8) is 0 Å². The molecule has 8 nitrogen and oxygen atoms in total. The van der Waals surface area contributed by atoms with Crippen molar-refractivity contribution in [1.82, 2.24) is 15.4 Å². The number of nitrogens with one attached hydrogen (secondary N) is 1. The van der Waals surface area contributed by atoms with Crippen LogP contribution < -0.4 is 10.1 Å². The molecule has 1 aromatic heterocycles. The van der Waals surface area contributed by atoms with Crippen molar-refractivity contribution >= 4 is 11.8 Å². The first-order valence-electron chi connectivity index (χ1n) is 8.37. The first kappa shape index (κ1) is 15.4. The van der Waals surface area contributed by atoms with E-state index < -0.39 is 0 Å². The average molecular weight is 335 g/mol. The van der Waals surface area contributed by atoms with Gasteiger partial charge in [0.25, 0.3) is 11.8 Å². The van der Waals surface area contributed by atoms with Gasteiger partial charge in [0, 0.05) is 19.6 Å². The van der Waals surface area contributed by atoms with E-state index in [1.165, 1.54) is 26.0 Å². The lowest BCUT2D eigenvalue weighted by Gasteiger charge is -2.32. The van der Waals surface area contributed by atoms with Gasteiger partial charge in [-0.25, -0.2) is 0 Å². The van der Waals surface area contributed by atoms with Crippen LogP contribution in [0, 0.1) is 11.8 Å². The Morgan fingerprint density at radius 3 is 2.96 bits per heavy atom. The van der Waals surface area contributed by atoms with Crippen LogP contribution in [-0.4, -0.2) is 60.8 Å². The number of likely N-dealkylation sites (tertiary alicyclic amines) is 1. The van der Waals surface area contributed by atoms with Crippen molar-refractivity contribution in [2.45, 2.75) is 31.5 Å². The Morgan fingerprint density at radius 2 is 2.25 bits per heavy atom. The first-order valence-corrected chi connectivity index (χ1v) is 8.37. The second-order valence-electron chi connectivity index (χ2n) is 6.77. The minimum Gasteiger partial charge on any atom is -0.479 e. The molecule has 1 saturated carbocycles. The lowest BCUT2D eigenvalue weighted by Crippen LogP contribution is -2.48. The highest BCUT2D eigenvalue weighted by atomic mass is 16.5. The average Bonchev–Trinajstić information content (AvgIpc) is 3.22. The largest absolute Gasteiger partial charge is 0.479 e. The first-order chi connectivity index (χ1) is 11.6. The number of carbonyl (C=O) groups is 2. The number of fused-ring (bicyclic) bond motifs is 2. The smallest absolute Gasteiger partial charge is 0.292 e. The molecule has 1 aliphatic carbocycles. The third-order valence-corrected chi connectivity index (χ3v) is 4.95. The van der Waals surface area contributed by atoms with Gasteiger partial charge in [-0.3, -0.25) is 9.59 Å². The predicted octanol–water partition coefficient (Wildman–Crippen LogP) is 0.439. The number of ether oxygens (including phenoxy) is 2. The second kappa shape index (κ2) is 6.08. The monoisotopic (exact) mass is 335 g/mol. The zero-order valence-corrected chi connectivity index (χ0v) is 13.6. The summed E-state index contributed by atoms with van der Waals surface area (Å²) in [5.74, 6) is 0.675. The molecule has 3 fully saturated rings. The second-order valence-corrected chi connectivity index (χ2v) is 6.77. The summed E-state index contributed by atoms with van der Waals surface area (Å²) in [6.07, 6.45) is 2.71. The molecule has 3 atom stereocenters. The van der Waals surface area contributed by atoms with Crippen LogP contribution in [0.4, 0.5) is 0 Å². The molecule has 0 radical (unpaired) electrons. The van der Waals surface area contributed by atoms with Crippen molar-refractivity contribution in [2.24, 2.45) is 11.8 Å². The van der Waals surface area contributed by atoms with Crippen LogP contribution in [-0.2, 0) is 9.53 Å². The molecule has 3 aliphatic rings. The van der Waals surface area contributed by atoms with Gasteiger partial charge in [-0.05, 0) is 30.3 Å². The number of hydrogen-bond acceptors (Lipinski definition) is 6. The van der Waals surface area contributed by atoms with Crippen molar-refractivity contribution < 1.29 is 23.6 Å². The quantitative estimate of drug-likeness (QED) is 0.839. The molecular weight excluding hydrogens is 314 g/mol. The lowest BCUT2D eigenvalue weighted by atomic mass is 9.99. The van der Waals surface area contributed by atoms with Crippen LogP contribution in [0.25, 0.3) is 0 Å². The van der Waals surface area contributed by atoms with Crippen molar-refractivity contribution in [2.75, 3.05) is 26.7 Å². The normalized spacial score (nSPS) is 28.7. The van der Waals surface area contributed by atoms with E-state index in [0.29, 0.717) is 25.4 Å². The van der Waals surface area contributed by atoms with Gasteiger partial charge >= 0.3 is 0 Å². The fourth-order valence-electron chi connectivity index (χ4n) is 3.41. The Morgan fingerprint density at radius 1 is 1.42 bits per heavy atom. The summed E-state index contributed by atoms with van der Waals surface area (Å²) in [6.45, 7) is 1.61. The summed E-state index contributed by atoms with van der Waals surface area (Å²) < 4.78 is 15.8. The van der Waals surface area contributed by atoms with E-state index in [-0.39, 0.29) is 41.6 Å². The van der Waals surface area contributed by atoms with E-state index in [2.05, 4.69) is 10.5 Å². The van der Waals surface area contributed by atoms with Gasteiger partial charge in [-0.15, -0.1) is 0 Å². The third-order valence-electron chi connectivity index (χ3n) is 4.95. The molecule has 3 unspecified atom stereocenters. The molecule has 1 N–H and O–H groups in total. The number of morpholine rings is 1. The molecule has 2 saturated heterocycles. The number of aromatic nitrogens is 1. The molecule has 1 aromatic rings. The maximum atomic E-state index is 12.5. The predicted molar refractivity (Wildman–Crippen MR) is 81.5 cm³/mol. The molecule has 24 heavy (non-hydrogen) atoms. The standard InChI is InChI=1S/C16H21N3O5/c1-22-14-5-12(24-18-14)16(21)19-7-10-4-11(13(8-19)23-10)15(20)17-6-9-2-3-9/h5,9-11,13H,2-4,6-8H2,1H3,(H,17,20). The molecule has 8 heteroatoms. The molecular formula is C16H21N3O5. The third kappa shape index (κ3) is 2.98. The topological polar surface area (TPSA) is 93.9 Å². The van der Waals surface area contributed by atoms with Gasteiger partial charge in [-0.1, -0.05) is 0 Å². The molecule has 130 valence electrons. The molecule has 0 spiro atoms. The molecule has 0 aromatic carbocycles. The molecule has 2 bridgehead atoms. The van der Waals surface area contributed by atoms with Gasteiger partial charge in [0.05, 0.1) is 31.3 Å². The number of hydrogen-bond donors (Lipinski definition) is 1. The van der Waals surface area contributed by atoms with E-state index in [1.54, 1.807) is 4.90 Å². The van der Waals surface area contributed by atoms with E-state index in [0.717, 1.165) is 6.54 Å². The summed E-state index contributed by atoms with van der Waals surface area (Å²) in [5, 5.41) is 6.67. The Kier molecular flexibility index (Phi) is 3.91. The van der Waals surface area contributed by atoms with E-state index >= 15 is 0 Å². The number of carbonyl (C=O) groups excluding carboxylic acids is 2. The Hall–Kier alpha value is -2.09. The zero-order valence-electron chi connectivity index (χ0n) is 13.6. The number of methoxy groups -OCH3 is 1. The summed E-state index contributed by atoms with van der Waals surface area (Å²) >= 11 is 0. The fourth-order valence-corrected chi connectivity index (χ4v) is 3.41. The highest BCUT2D eigenvalue weighted by Crippen LogP contribution is 2.33. The Balaban J connectivity index is 1.38. The summed E-state index contributed by atoms with van der Waals surface area (Å²) in [5.41, 5.74) is 0. The molecule has 2 aliphatic heterocycles. The van der Waals surface area contributed by atoms with Gasteiger partial charge in [0.15, 0.2) is 0 Å². The lowest BCUT2D eigenvalue weighted by molar-refractivity contribution is -0.127. The van der Waals surface area contributed by atoms with Crippen molar-refractivity contribution in [1.29, 1.82) is 0 Å². The summed E-state index contributed by atoms with van der Waals surface area (Å²) in [7, 11) is 1.46. The van der Waals surface area contributed by atoms with E-state index in [1.807, 2.05) is 0 Å². The van der Waals surface area contributed by atoms with Crippen LogP contribution in [0.5, 0.6) is 5.88 Å². The fraction of sp³-hybridized carbons (Fsp3) is 0.688. The minimum atomic E-state index is -0.253. The van der Waals surface area contributed by atoms with Crippen LogP contribution in [0.15, 0.2) is 10.6 Å². The van der Waals surface area contributed by atoms with Crippen LogP contribution in [0.1, 0.15) is 29.8 Å². The van der Waals surface area contributed by atoms with Gasteiger partial charge in [-0.2, -0.15) is 0 Å². The van der Waals surface area contributed by atoms with E-state index in [9.17, 15) is 9.59 Å². The van der Waals surface area contributed by atoms with Gasteiger partial charge in [0.2, 0.25) is 11.7 Å². The van der Waals surface area contributed by atoms with Crippen LogP contribution in [0.2, 0.25) is 0 Å². The number of nitrogens with zero attached hydrogens (tertiary/aromatic N) is 2. The number of rotatable bonds is 5.